The molecule has 98 valence electrons. The maximum absolute atomic E-state index is 11.8. The van der Waals surface area contributed by atoms with Crippen LogP contribution in [0, 0.1) is 0 Å². The van der Waals surface area contributed by atoms with Gasteiger partial charge in [0.1, 0.15) is 0 Å². The molecular formula is C15H22N2O. The van der Waals surface area contributed by atoms with Gasteiger partial charge in [-0.3, -0.25) is 4.79 Å². The molecule has 3 nitrogen and oxygen atoms in total. The van der Waals surface area contributed by atoms with Crippen LogP contribution in [0.25, 0.3) is 0 Å². The largest absolute Gasteiger partial charge is 0.352 e. The van der Waals surface area contributed by atoms with Crippen molar-refractivity contribution in [1.82, 2.24) is 10.6 Å². The average molecular weight is 246 g/mol. The summed E-state index contributed by atoms with van der Waals surface area (Å²) in [6, 6.07) is 9.16. The van der Waals surface area contributed by atoms with Crippen molar-refractivity contribution in [3.63, 3.8) is 0 Å². The van der Waals surface area contributed by atoms with Gasteiger partial charge in [-0.15, -0.1) is 0 Å². The highest BCUT2D eigenvalue weighted by atomic mass is 16.1. The topological polar surface area (TPSA) is 41.1 Å². The summed E-state index contributed by atoms with van der Waals surface area (Å²) in [5.74, 6) is 0.105. The van der Waals surface area contributed by atoms with Gasteiger partial charge in [-0.05, 0) is 30.4 Å². The van der Waals surface area contributed by atoms with E-state index in [1.807, 2.05) is 13.8 Å². The summed E-state index contributed by atoms with van der Waals surface area (Å²) in [4.78, 5) is 11.8. The number of rotatable bonds is 4. The molecule has 0 fully saturated rings. The van der Waals surface area contributed by atoms with E-state index >= 15 is 0 Å². The second-order valence-electron chi connectivity index (χ2n) is 5.31. The Labute approximate surface area is 109 Å². The van der Waals surface area contributed by atoms with Crippen molar-refractivity contribution in [2.24, 2.45) is 0 Å². The lowest BCUT2D eigenvalue weighted by atomic mass is 9.88. The van der Waals surface area contributed by atoms with Gasteiger partial charge in [0.05, 0.1) is 6.54 Å². The van der Waals surface area contributed by atoms with E-state index < -0.39 is 0 Å². The zero-order chi connectivity index (χ0) is 13.0. The summed E-state index contributed by atoms with van der Waals surface area (Å²) in [5.41, 5.74) is 2.81. The van der Waals surface area contributed by atoms with Gasteiger partial charge < -0.3 is 10.6 Å². The van der Waals surface area contributed by atoms with E-state index in [9.17, 15) is 4.79 Å². The summed E-state index contributed by atoms with van der Waals surface area (Å²) in [6.07, 6.45) is 3.08. The highest BCUT2D eigenvalue weighted by Crippen LogP contribution is 2.20. The summed E-state index contributed by atoms with van der Waals surface area (Å²) >= 11 is 0. The predicted octanol–water partition coefficient (Wildman–Crippen LogP) is 1.66. The van der Waals surface area contributed by atoms with Crippen molar-refractivity contribution >= 4 is 5.91 Å². The number of fused-ring (bicyclic) bond motifs is 1. The number of hydrogen-bond donors (Lipinski definition) is 2. The number of hydrogen-bond acceptors (Lipinski definition) is 2. The zero-order valence-electron chi connectivity index (χ0n) is 11.2. The number of benzene rings is 1. The minimum atomic E-state index is 0.105. The van der Waals surface area contributed by atoms with Crippen LogP contribution in [0.15, 0.2) is 24.3 Å². The first-order valence-electron chi connectivity index (χ1n) is 6.74. The molecule has 0 spiro atoms. The van der Waals surface area contributed by atoms with Crippen LogP contribution < -0.4 is 10.6 Å². The molecule has 0 saturated carbocycles. The quantitative estimate of drug-likeness (QED) is 0.848. The van der Waals surface area contributed by atoms with E-state index in [2.05, 4.69) is 34.9 Å². The van der Waals surface area contributed by atoms with Gasteiger partial charge in [-0.2, -0.15) is 0 Å². The molecule has 0 saturated heterocycles. The molecule has 1 amide bonds. The fourth-order valence-electron chi connectivity index (χ4n) is 2.40. The lowest BCUT2D eigenvalue weighted by Crippen LogP contribution is -2.44. The summed E-state index contributed by atoms with van der Waals surface area (Å²) in [7, 11) is 0. The molecule has 2 rings (SSSR count). The van der Waals surface area contributed by atoms with E-state index in [1.54, 1.807) is 0 Å². The summed E-state index contributed by atoms with van der Waals surface area (Å²) in [6.45, 7) is 4.50. The lowest BCUT2D eigenvalue weighted by molar-refractivity contribution is -0.121. The Balaban J connectivity index is 1.84. The predicted molar refractivity (Wildman–Crippen MR) is 73.5 cm³/mol. The molecule has 1 unspecified atom stereocenters. The molecule has 1 atom stereocenters. The molecule has 18 heavy (non-hydrogen) atoms. The molecule has 3 heteroatoms. The second kappa shape index (κ2) is 6.01. The van der Waals surface area contributed by atoms with Crippen LogP contribution >= 0.6 is 0 Å². The van der Waals surface area contributed by atoms with Gasteiger partial charge in [0, 0.05) is 12.1 Å². The standard InChI is InChI=1S/C15H22N2O/c1-11(2)16-10-15(18)17-14-8-7-12-5-3-4-6-13(12)9-14/h3-6,11,14,16H,7-10H2,1-2H3,(H,17,18). The van der Waals surface area contributed by atoms with Crippen molar-refractivity contribution in [3.8, 4) is 0 Å². The number of aryl methyl sites for hydroxylation is 1. The van der Waals surface area contributed by atoms with Crippen LogP contribution in [-0.2, 0) is 17.6 Å². The van der Waals surface area contributed by atoms with Gasteiger partial charge in [0.2, 0.25) is 5.91 Å². The lowest BCUT2D eigenvalue weighted by Gasteiger charge is -2.25. The molecule has 0 aromatic heterocycles. The van der Waals surface area contributed by atoms with Crippen LogP contribution in [0.5, 0.6) is 0 Å². The van der Waals surface area contributed by atoms with Crippen molar-refractivity contribution in [1.29, 1.82) is 0 Å². The maximum Gasteiger partial charge on any atom is 0.234 e. The Morgan fingerprint density at radius 1 is 1.33 bits per heavy atom. The fraction of sp³-hybridized carbons (Fsp3) is 0.533. The third-order valence-electron chi connectivity index (χ3n) is 3.38. The van der Waals surface area contributed by atoms with Crippen LogP contribution in [0.4, 0.5) is 0 Å². The molecule has 1 aromatic rings. The first-order valence-corrected chi connectivity index (χ1v) is 6.74. The SMILES string of the molecule is CC(C)NCC(=O)NC1CCc2ccccc2C1. The molecule has 1 aliphatic rings. The Morgan fingerprint density at radius 3 is 2.78 bits per heavy atom. The number of carbonyl (C=O) groups excluding carboxylic acids is 1. The summed E-state index contributed by atoms with van der Waals surface area (Å²) in [5, 5.41) is 6.26. The Kier molecular flexibility index (Phi) is 4.37. The molecule has 1 aliphatic carbocycles. The van der Waals surface area contributed by atoms with Crippen LogP contribution in [0.3, 0.4) is 0 Å². The molecule has 0 aliphatic heterocycles. The Hall–Kier alpha value is -1.35. The van der Waals surface area contributed by atoms with Crippen molar-refractivity contribution in [2.75, 3.05) is 6.54 Å². The van der Waals surface area contributed by atoms with Crippen LogP contribution in [0.1, 0.15) is 31.4 Å². The maximum atomic E-state index is 11.8. The molecule has 1 aromatic carbocycles. The smallest absolute Gasteiger partial charge is 0.234 e. The highest BCUT2D eigenvalue weighted by molar-refractivity contribution is 5.78. The Morgan fingerprint density at radius 2 is 2.06 bits per heavy atom. The van der Waals surface area contributed by atoms with Gasteiger partial charge in [0.25, 0.3) is 0 Å². The average Bonchev–Trinajstić information content (AvgIpc) is 2.36. The normalized spacial score (nSPS) is 18.5. The van der Waals surface area contributed by atoms with Crippen LogP contribution in [0.2, 0.25) is 0 Å². The van der Waals surface area contributed by atoms with Crippen LogP contribution in [-0.4, -0.2) is 24.5 Å². The minimum Gasteiger partial charge on any atom is -0.352 e. The van der Waals surface area contributed by atoms with E-state index in [0.29, 0.717) is 18.6 Å². The summed E-state index contributed by atoms with van der Waals surface area (Å²) < 4.78 is 0. The van der Waals surface area contributed by atoms with Gasteiger partial charge in [-0.25, -0.2) is 0 Å². The highest BCUT2D eigenvalue weighted by Gasteiger charge is 2.19. The van der Waals surface area contributed by atoms with Crippen molar-refractivity contribution < 1.29 is 4.79 Å². The first kappa shape index (κ1) is 13.1. The first-order chi connectivity index (χ1) is 8.65. The number of amides is 1. The van der Waals surface area contributed by atoms with Gasteiger partial charge in [-0.1, -0.05) is 38.1 Å². The molecule has 0 radical (unpaired) electrons. The Bertz CT molecular complexity index is 415. The van der Waals surface area contributed by atoms with E-state index in [0.717, 1.165) is 19.3 Å². The van der Waals surface area contributed by atoms with E-state index in [1.165, 1.54) is 11.1 Å². The van der Waals surface area contributed by atoms with E-state index in [4.69, 9.17) is 0 Å². The minimum absolute atomic E-state index is 0.105. The van der Waals surface area contributed by atoms with E-state index in [-0.39, 0.29) is 5.91 Å². The number of carbonyl (C=O) groups is 1. The van der Waals surface area contributed by atoms with Gasteiger partial charge in [0.15, 0.2) is 0 Å². The molecular weight excluding hydrogens is 224 g/mol. The second-order valence-corrected chi connectivity index (χ2v) is 5.31. The number of nitrogens with one attached hydrogen (secondary N) is 2. The van der Waals surface area contributed by atoms with Crippen molar-refractivity contribution in [3.05, 3.63) is 35.4 Å². The third kappa shape index (κ3) is 3.57. The zero-order valence-corrected chi connectivity index (χ0v) is 11.2. The molecule has 0 heterocycles. The third-order valence-corrected chi connectivity index (χ3v) is 3.38. The fourth-order valence-corrected chi connectivity index (χ4v) is 2.40. The monoisotopic (exact) mass is 246 g/mol. The molecule has 2 N–H and O–H groups in total. The van der Waals surface area contributed by atoms with Gasteiger partial charge >= 0.3 is 0 Å². The molecule has 0 bridgehead atoms. The van der Waals surface area contributed by atoms with Crippen molar-refractivity contribution in [2.45, 2.75) is 45.2 Å².